The summed E-state index contributed by atoms with van der Waals surface area (Å²) in [6.45, 7) is 0.623. The van der Waals surface area contributed by atoms with Gasteiger partial charge in [-0.3, -0.25) is 0 Å². The maximum atomic E-state index is 5.72. The van der Waals surface area contributed by atoms with Crippen LogP contribution in [0.3, 0.4) is 0 Å². The molecule has 0 atom stereocenters. The van der Waals surface area contributed by atoms with Gasteiger partial charge in [-0.1, -0.05) is 30.3 Å². The number of aromatic nitrogens is 2. The summed E-state index contributed by atoms with van der Waals surface area (Å²) in [6, 6.07) is 10.4. The van der Waals surface area contributed by atoms with Gasteiger partial charge in [0.25, 0.3) is 0 Å². The topological polar surface area (TPSA) is 51.0 Å². The van der Waals surface area contributed by atoms with E-state index in [1.807, 2.05) is 13.1 Å². The van der Waals surface area contributed by atoms with E-state index in [0.717, 1.165) is 18.7 Å². The minimum absolute atomic E-state index is 0.0136. The first kappa shape index (κ1) is 10.5. The Morgan fingerprint density at radius 1 is 1.24 bits per heavy atom. The monoisotopic (exact) mass is 229 g/mol. The lowest BCUT2D eigenvalue weighted by molar-refractivity contribution is 0.418. The highest BCUT2D eigenvalue weighted by atomic mass is 16.4. The molecule has 0 bridgehead atoms. The summed E-state index contributed by atoms with van der Waals surface area (Å²) < 4.78 is 5.72. The fourth-order valence-electron chi connectivity index (χ4n) is 2.18. The van der Waals surface area contributed by atoms with Crippen molar-refractivity contribution < 1.29 is 4.42 Å². The van der Waals surface area contributed by atoms with Crippen LogP contribution in [0.25, 0.3) is 0 Å². The highest BCUT2D eigenvalue weighted by molar-refractivity contribution is 5.37. The lowest BCUT2D eigenvalue weighted by Crippen LogP contribution is -2.09. The summed E-state index contributed by atoms with van der Waals surface area (Å²) in [5, 5.41) is 11.3. The van der Waals surface area contributed by atoms with Crippen molar-refractivity contribution in [3.63, 3.8) is 0 Å². The SMILES string of the molecule is CNCc1nnc(C2(c3ccccc3)CC2)o1. The number of benzene rings is 1. The fraction of sp³-hybridized carbons (Fsp3) is 0.385. The van der Waals surface area contributed by atoms with E-state index in [1.165, 1.54) is 5.56 Å². The molecule has 3 rings (SSSR count). The molecule has 1 fully saturated rings. The van der Waals surface area contributed by atoms with Crippen LogP contribution in [0.2, 0.25) is 0 Å². The van der Waals surface area contributed by atoms with Crippen molar-refractivity contribution in [3.05, 3.63) is 47.7 Å². The fourth-order valence-corrected chi connectivity index (χ4v) is 2.18. The highest BCUT2D eigenvalue weighted by Crippen LogP contribution is 2.52. The van der Waals surface area contributed by atoms with Gasteiger partial charge in [-0.25, -0.2) is 0 Å². The molecule has 0 unspecified atom stereocenters. The van der Waals surface area contributed by atoms with Crippen molar-refractivity contribution in [3.8, 4) is 0 Å². The summed E-state index contributed by atoms with van der Waals surface area (Å²) in [6.07, 6.45) is 2.19. The van der Waals surface area contributed by atoms with E-state index in [1.54, 1.807) is 0 Å². The van der Waals surface area contributed by atoms with Gasteiger partial charge in [-0.2, -0.15) is 0 Å². The summed E-state index contributed by atoms with van der Waals surface area (Å²) >= 11 is 0. The van der Waals surface area contributed by atoms with Crippen LogP contribution in [0.15, 0.2) is 34.7 Å². The highest BCUT2D eigenvalue weighted by Gasteiger charge is 2.50. The summed E-state index contributed by atoms with van der Waals surface area (Å²) in [7, 11) is 1.87. The third kappa shape index (κ3) is 1.74. The van der Waals surface area contributed by atoms with Crippen LogP contribution in [-0.4, -0.2) is 17.2 Å². The molecule has 1 aliphatic rings. The van der Waals surface area contributed by atoms with Gasteiger partial charge in [0.05, 0.1) is 12.0 Å². The molecule has 4 heteroatoms. The number of hydrogen-bond acceptors (Lipinski definition) is 4. The van der Waals surface area contributed by atoms with Crippen LogP contribution in [0.4, 0.5) is 0 Å². The Bertz CT molecular complexity index is 502. The van der Waals surface area contributed by atoms with Gasteiger partial charge in [-0.15, -0.1) is 10.2 Å². The summed E-state index contributed by atoms with van der Waals surface area (Å²) in [4.78, 5) is 0. The summed E-state index contributed by atoms with van der Waals surface area (Å²) in [5.41, 5.74) is 1.26. The van der Waals surface area contributed by atoms with Gasteiger partial charge in [0.15, 0.2) is 0 Å². The van der Waals surface area contributed by atoms with Gasteiger partial charge in [0, 0.05) is 0 Å². The number of rotatable bonds is 4. The van der Waals surface area contributed by atoms with Gasteiger partial charge >= 0.3 is 0 Å². The van der Waals surface area contributed by atoms with E-state index in [0.29, 0.717) is 12.4 Å². The predicted octanol–water partition coefficient (Wildman–Crippen LogP) is 1.87. The Balaban J connectivity index is 1.92. The maximum absolute atomic E-state index is 5.72. The maximum Gasteiger partial charge on any atom is 0.230 e. The molecule has 17 heavy (non-hydrogen) atoms. The third-order valence-electron chi connectivity index (χ3n) is 3.28. The van der Waals surface area contributed by atoms with E-state index in [-0.39, 0.29) is 5.41 Å². The molecule has 0 saturated heterocycles. The van der Waals surface area contributed by atoms with Gasteiger partial charge in [0.2, 0.25) is 11.8 Å². The molecular formula is C13H15N3O. The normalized spacial score (nSPS) is 17.0. The average Bonchev–Trinajstić information content (AvgIpc) is 3.06. The van der Waals surface area contributed by atoms with E-state index in [4.69, 9.17) is 4.42 Å². The summed E-state index contributed by atoms with van der Waals surface area (Å²) in [5.74, 6) is 1.42. The second kappa shape index (κ2) is 3.96. The van der Waals surface area contributed by atoms with Gasteiger partial charge in [-0.05, 0) is 25.5 Å². The number of nitrogens with one attached hydrogen (secondary N) is 1. The molecule has 0 amide bonds. The molecule has 1 heterocycles. The first-order valence-corrected chi connectivity index (χ1v) is 5.88. The van der Waals surface area contributed by atoms with Crippen LogP contribution in [-0.2, 0) is 12.0 Å². The zero-order chi connectivity index (χ0) is 11.7. The van der Waals surface area contributed by atoms with Crippen molar-refractivity contribution in [2.75, 3.05) is 7.05 Å². The van der Waals surface area contributed by atoms with Crippen LogP contribution in [0, 0.1) is 0 Å². The molecule has 1 aromatic heterocycles. The largest absolute Gasteiger partial charge is 0.423 e. The zero-order valence-corrected chi connectivity index (χ0v) is 9.81. The van der Waals surface area contributed by atoms with Crippen LogP contribution in [0.5, 0.6) is 0 Å². The van der Waals surface area contributed by atoms with Crippen molar-refractivity contribution in [2.24, 2.45) is 0 Å². The molecule has 4 nitrogen and oxygen atoms in total. The Kier molecular flexibility index (Phi) is 2.44. The minimum atomic E-state index is -0.0136. The lowest BCUT2D eigenvalue weighted by atomic mass is 9.96. The van der Waals surface area contributed by atoms with Gasteiger partial charge < -0.3 is 9.73 Å². The predicted molar refractivity (Wildman–Crippen MR) is 63.5 cm³/mol. The molecule has 1 aromatic carbocycles. The lowest BCUT2D eigenvalue weighted by Gasteiger charge is -2.09. The first-order valence-electron chi connectivity index (χ1n) is 5.88. The Labute approximate surface area is 100 Å². The Hall–Kier alpha value is -1.68. The second-order valence-electron chi connectivity index (χ2n) is 4.48. The van der Waals surface area contributed by atoms with Crippen LogP contribution in [0.1, 0.15) is 30.2 Å². The molecule has 1 aliphatic carbocycles. The average molecular weight is 229 g/mol. The third-order valence-corrected chi connectivity index (χ3v) is 3.28. The van der Waals surface area contributed by atoms with E-state index >= 15 is 0 Å². The molecule has 0 aliphatic heterocycles. The van der Waals surface area contributed by atoms with Crippen molar-refractivity contribution in [1.82, 2.24) is 15.5 Å². The molecule has 1 N–H and O–H groups in total. The van der Waals surface area contributed by atoms with Gasteiger partial charge in [0.1, 0.15) is 0 Å². The standard InChI is InChI=1S/C13H15N3O/c1-14-9-11-15-16-12(17-11)13(7-8-13)10-5-3-2-4-6-10/h2-6,14H,7-9H2,1H3. The van der Waals surface area contributed by atoms with E-state index in [2.05, 4.69) is 39.8 Å². The molecule has 2 aromatic rings. The molecule has 1 saturated carbocycles. The number of nitrogens with zero attached hydrogens (tertiary/aromatic N) is 2. The quantitative estimate of drug-likeness (QED) is 0.869. The second-order valence-corrected chi connectivity index (χ2v) is 4.48. The van der Waals surface area contributed by atoms with E-state index < -0.39 is 0 Å². The van der Waals surface area contributed by atoms with Crippen molar-refractivity contribution >= 4 is 0 Å². The number of hydrogen-bond donors (Lipinski definition) is 1. The van der Waals surface area contributed by atoms with Crippen LogP contribution < -0.4 is 5.32 Å². The Morgan fingerprint density at radius 3 is 2.65 bits per heavy atom. The molecular weight excluding hydrogens is 214 g/mol. The molecule has 0 radical (unpaired) electrons. The van der Waals surface area contributed by atoms with E-state index in [9.17, 15) is 0 Å². The zero-order valence-electron chi connectivity index (χ0n) is 9.81. The first-order chi connectivity index (χ1) is 8.35. The Morgan fingerprint density at radius 2 is 2.00 bits per heavy atom. The minimum Gasteiger partial charge on any atom is -0.423 e. The van der Waals surface area contributed by atoms with Crippen molar-refractivity contribution in [1.29, 1.82) is 0 Å². The molecule has 0 spiro atoms. The molecule has 88 valence electrons. The van der Waals surface area contributed by atoms with Crippen molar-refractivity contribution in [2.45, 2.75) is 24.8 Å². The van der Waals surface area contributed by atoms with Crippen LogP contribution >= 0.6 is 0 Å². The smallest absolute Gasteiger partial charge is 0.230 e.